The first-order valence-electron chi connectivity index (χ1n) is 10.6. The number of nitrogens with zero attached hydrogens (tertiary/aromatic N) is 1. The van der Waals surface area contributed by atoms with Gasteiger partial charge in [-0.1, -0.05) is 26.7 Å². The fourth-order valence-electron chi connectivity index (χ4n) is 3.61. The lowest BCUT2D eigenvalue weighted by molar-refractivity contribution is -0.120. The topological polar surface area (TPSA) is 70.7 Å². The zero-order valence-electron chi connectivity index (χ0n) is 17.6. The fraction of sp³-hybridized carbons (Fsp3) is 0.636. The SMILES string of the molecule is CCCC[C@@H](CC)C(=O)Nc1ccc(N2CCCC2)c(C(=O)NCCOC)c1. The van der Waals surface area contributed by atoms with Crippen LogP contribution >= 0.6 is 0 Å². The molecule has 2 rings (SSSR count). The Morgan fingerprint density at radius 3 is 2.61 bits per heavy atom. The van der Waals surface area contributed by atoms with Crippen molar-refractivity contribution in [1.29, 1.82) is 0 Å². The van der Waals surface area contributed by atoms with E-state index >= 15 is 0 Å². The van der Waals surface area contributed by atoms with E-state index < -0.39 is 0 Å². The first-order chi connectivity index (χ1) is 13.6. The Labute approximate surface area is 169 Å². The van der Waals surface area contributed by atoms with E-state index in [1.807, 2.05) is 19.1 Å². The molecule has 28 heavy (non-hydrogen) atoms. The van der Waals surface area contributed by atoms with E-state index in [2.05, 4.69) is 22.5 Å². The van der Waals surface area contributed by atoms with E-state index in [1.165, 1.54) is 0 Å². The van der Waals surface area contributed by atoms with Gasteiger partial charge < -0.3 is 20.3 Å². The van der Waals surface area contributed by atoms with Crippen molar-refractivity contribution in [2.45, 2.75) is 52.4 Å². The van der Waals surface area contributed by atoms with Crippen LogP contribution in [0.25, 0.3) is 0 Å². The Hall–Kier alpha value is -2.08. The van der Waals surface area contributed by atoms with Gasteiger partial charge in [0.15, 0.2) is 0 Å². The highest BCUT2D eigenvalue weighted by atomic mass is 16.5. The van der Waals surface area contributed by atoms with Crippen LogP contribution in [0.15, 0.2) is 18.2 Å². The van der Waals surface area contributed by atoms with Crippen LogP contribution in [0, 0.1) is 5.92 Å². The summed E-state index contributed by atoms with van der Waals surface area (Å²) < 4.78 is 5.02. The van der Waals surface area contributed by atoms with Crippen LogP contribution < -0.4 is 15.5 Å². The van der Waals surface area contributed by atoms with Crippen molar-refractivity contribution in [1.82, 2.24) is 5.32 Å². The molecule has 1 heterocycles. The maximum atomic E-state index is 12.8. The lowest BCUT2D eigenvalue weighted by Gasteiger charge is -2.22. The van der Waals surface area contributed by atoms with Crippen molar-refractivity contribution in [3.63, 3.8) is 0 Å². The number of nitrogens with one attached hydrogen (secondary N) is 2. The largest absolute Gasteiger partial charge is 0.383 e. The Bertz CT molecular complexity index is 642. The van der Waals surface area contributed by atoms with Gasteiger partial charge in [0.05, 0.1) is 12.2 Å². The number of benzene rings is 1. The van der Waals surface area contributed by atoms with E-state index in [-0.39, 0.29) is 17.7 Å². The van der Waals surface area contributed by atoms with Gasteiger partial charge in [0.2, 0.25) is 5.91 Å². The van der Waals surface area contributed by atoms with Crippen LogP contribution in [-0.2, 0) is 9.53 Å². The van der Waals surface area contributed by atoms with Gasteiger partial charge in [-0.05, 0) is 43.9 Å². The predicted octanol–water partition coefficient (Wildman–Crippen LogP) is 3.82. The van der Waals surface area contributed by atoms with Gasteiger partial charge in [0.25, 0.3) is 5.91 Å². The van der Waals surface area contributed by atoms with Gasteiger partial charge in [0.1, 0.15) is 0 Å². The Morgan fingerprint density at radius 2 is 1.96 bits per heavy atom. The summed E-state index contributed by atoms with van der Waals surface area (Å²) in [5.74, 6) is -0.0825. The molecule has 0 aliphatic carbocycles. The third-order valence-electron chi connectivity index (χ3n) is 5.32. The molecule has 1 aliphatic heterocycles. The molecular formula is C22H35N3O3. The zero-order chi connectivity index (χ0) is 20.4. The average molecular weight is 390 g/mol. The van der Waals surface area contributed by atoms with Crippen molar-refractivity contribution >= 4 is 23.2 Å². The summed E-state index contributed by atoms with van der Waals surface area (Å²) in [6, 6.07) is 5.67. The number of carbonyl (C=O) groups excluding carboxylic acids is 2. The number of rotatable bonds is 11. The molecule has 0 radical (unpaired) electrons. The van der Waals surface area contributed by atoms with Gasteiger partial charge in [-0.3, -0.25) is 9.59 Å². The second-order valence-corrected chi connectivity index (χ2v) is 7.41. The molecule has 1 aromatic carbocycles. The monoisotopic (exact) mass is 389 g/mol. The molecule has 0 bridgehead atoms. The minimum atomic E-state index is -0.131. The van der Waals surface area contributed by atoms with Crippen LogP contribution in [0.1, 0.15) is 62.7 Å². The molecule has 0 spiro atoms. The Morgan fingerprint density at radius 1 is 1.21 bits per heavy atom. The summed E-state index contributed by atoms with van der Waals surface area (Å²) in [4.78, 5) is 27.6. The summed E-state index contributed by atoms with van der Waals surface area (Å²) in [5.41, 5.74) is 2.22. The number of amides is 2. The predicted molar refractivity (Wildman–Crippen MR) is 114 cm³/mol. The fourth-order valence-corrected chi connectivity index (χ4v) is 3.61. The highest BCUT2D eigenvalue weighted by molar-refractivity contribution is 6.02. The number of anilines is 2. The standard InChI is InChI=1S/C22H35N3O3/c1-4-6-9-17(5-2)21(26)24-18-10-11-20(25-13-7-8-14-25)19(16-18)22(27)23-12-15-28-3/h10-11,16-17H,4-9,12-15H2,1-3H3,(H,23,27)(H,24,26)/t17-/m1/s1. The minimum absolute atomic E-state index is 0.0113. The molecule has 0 unspecified atom stereocenters. The summed E-state index contributed by atoms with van der Waals surface area (Å²) in [5, 5.41) is 5.92. The molecule has 1 fully saturated rings. The highest BCUT2D eigenvalue weighted by Crippen LogP contribution is 2.28. The number of methoxy groups -OCH3 is 1. The molecule has 0 saturated carbocycles. The molecule has 2 N–H and O–H groups in total. The molecule has 1 atom stereocenters. The normalized spacial score (nSPS) is 14.8. The van der Waals surface area contributed by atoms with Crippen molar-refractivity contribution in [2.24, 2.45) is 5.92 Å². The highest BCUT2D eigenvalue weighted by Gasteiger charge is 2.21. The van der Waals surface area contributed by atoms with E-state index in [1.54, 1.807) is 13.2 Å². The molecule has 156 valence electrons. The van der Waals surface area contributed by atoms with Crippen LogP contribution in [0.2, 0.25) is 0 Å². The number of ether oxygens (including phenoxy) is 1. The van der Waals surface area contributed by atoms with Gasteiger partial charge in [-0.25, -0.2) is 0 Å². The molecule has 6 nitrogen and oxygen atoms in total. The maximum absolute atomic E-state index is 12.8. The Kier molecular flexibility index (Phi) is 9.28. The molecule has 2 amide bonds. The van der Waals surface area contributed by atoms with Crippen molar-refractivity contribution in [3.05, 3.63) is 23.8 Å². The lowest BCUT2D eigenvalue weighted by Crippen LogP contribution is -2.30. The van der Waals surface area contributed by atoms with E-state index in [0.717, 1.165) is 57.3 Å². The summed E-state index contributed by atoms with van der Waals surface area (Å²) in [6.07, 6.45) is 6.13. The van der Waals surface area contributed by atoms with Crippen LogP contribution in [0.3, 0.4) is 0 Å². The number of hydrogen-bond donors (Lipinski definition) is 2. The molecule has 1 aromatic rings. The summed E-state index contributed by atoms with van der Waals surface area (Å²) in [6.45, 7) is 7.02. The lowest BCUT2D eigenvalue weighted by atomic mass is 9.98. The van der Waals surface area contributed by atoms with E-state index in [9.17, 15) is 9.59 Å². The number of hydrogen-bond acceptors (Lipinski definition) is 4. The maximum Gasteiger partial charge on any atom is 0.253 e. The van der Waals surface area contributed by atoms with Crippen molar-refractivity contribution in [3.8, 4) is 0 Å². The number of carbonyl (C=O) groups is 2. The zero-order valence-corrected chi connectivity index (χ0v) is 17.6. The van der Waals surface area contributed by atoms with Crippen LogP contribution in [0.5, 0.6) is 0 Å². The summed E-state index contributed by atoms with van der Waals surface area (Å²) in [7, 11) is 1.61. The molecular weight excluding hydrogens is 354 g/mol. The van der Waals surface area contributed by atoms with E-state index in [0.29, 0.717) is 24.4 Å². The molecule has 1 aliphatic rings. The second-order valence-electron chi connectivity index (χ2n) is 7.41. The van der Waals surface area contributed by atoms with Crippen molar-refractivity contribution < 1.29 is 14.3 Å². The quantitative estimate of drug-likeness (QED) is 0.565. The third kappa shape index (κ3) is 6.23. The van der Waals surface area contributed by atoms with Crippen LogP contribution in [0.4, 0.5) is 11.4 Å². The minimum Gasteiger partial charge on any atom is -0.383 e. The first kappa shape index (κ1) is 22.2. The smallest absolute Gasteiger partial charge is 0.253 e. The van der Waals surface area contributed by atoms with Gasteiger partial charge in [-0.15, -0.1) is 0 Å². The van der Waals surface area contributed by atoms with Crippen LogP contribution in [-0.4, -0.2) is 45.2 Å². The summed E-state index contributed by atoms with van der Waals surface area (Å²) >= 11 is 0. The van der Waals surface area contributed by atoms with Gasteiger partial charge in [-0.2, -0.15) is 0 Å². The third-order valence-corrected chi connectivity index (χ3v) is 5.32. The Balaban J connectivity index is 2.17. The van der Waals surface area contributed by atoms with Gasteiger partial charge >= 0.3 is 0 Å². The number of unbranched alkanes of at least 4 members (excludes halogenated alkanes) is 1. The molecule has 0 aromatic heterocycles. The first-order valence-corrected chi connectivity index (χ1v) is 10.6. The molecule has 6 heteroatoms. The van der Waals surface area contributed by atoms with E-state index in [4.69, 9.17) is 4.74 Å². The average Bonchev–Trinajstić information content (AvgIpc) is 3.23. The van der Waals surface area contributed by atoms with Gasteiger partial charge in [0, 0.05) is 44.0 Å². The second kappa shape index (κ2) is 11.7. The molecule has 1 saturated heterocycles. The van der Waals surface area contributed by atoms with Crippen molar-refractivity contribution in [2.75, 3.05) is 43.6 Å².